The molecule has 0 saturated carbocycles. The Balaban J connectivity index is 2.15. The molecule has 0 aliphatic carbocycles. The highest BCUT2D eigenvalue weighted by Gasteiger charge is 2.10. The standard InChI is InChI=1S/C16H21N3O/c1-10(2)15-9-11(3)16(19-18-15)17-12(4)13-5-7-14(20)8-6-13/h5-10,12,20H,1-4H3,(H,17,19)/t12-/m1/s1. The van der Waals surface area contributed by atoms with E-state index in [-0.39, 0.29) is 11.8 Å². The average molecular weight is 271 g/mol. The maximum absolute atomic E-state index is 9.31. The molecule has 1 heterocycles. The number of aromatic nitrogens is 2. The number of rotatable bonds is 4. The Morgan fingerprint density at radius 2 is 1.70 bits per heavy atom. The number of phenols is 1. The van der Waals surface area contributed by atoms with E-state index in [9.17, 15) is 5.11 Å². The zero-order chi connectivity index (χ0) is 14.7. The largest absolute Gasteiger partial charge is 0.508 e. The summed E-state index contributed by atoms with van der Waals surface area (Å²) in [5.41, 5.74) is 3.19. The lowest BCUT2D eigenvalue weighted by Gasteiger charge is -2.17. The fourth-order valence-corrected chi connectivity index (χ4v) is 1.98. The molecule has 0 spiro atoms. The topological polar surface area (TPSA) is 58.0 Å². The highest BCUT2D eigenvalue weighted by atomic mass is 16.3. The molecule has 0 radical (unpaired) electrons. The highest BCUT2D eigenvalue weighted by molar-refractivity contribution is 5.45. The smallest absolute Gasteiger partial charge is 0.152 e. The van der Waals surface area contributed by atoms with Crippen molar-refractivity contribution in [1.29, 1.82) is 0 Å². The molecular weight excluding hydrogens is 250 g/mol. The number of phenolic OH excluding ortho intramolecular Hbond substituents is 1. The van der Waals surface area contributed by atoms with Gasteiger partial charge in [0.15, 0.2) is 5.82 Å². The van der Waals surface area contributed by atoms with Crippen molar-refractivity contribution in [2.75, 3.05) is 5.32 Å². The van der Waals surface area contributed by atoms with Crippen LogP contribution in [-0.2, 0) is 0 Å². The van der Waals surface area contributed by atoms with E-state index in [0.717, 1.165) is 22.6 Å². The summed E-state index contributed by atoms with van der Waals surface area (Å²) in [5.74, 6) is 1.46. The van der Waals surface area contributed by atoms with Crippen LogP contribution in [0, 0.1) is 6.92 Å². The molecule has 2 rings (SSSR count). The summed E-state index contributed by atoms with van der Waals surface area (Å²) in [4.78, 5) is 0. The summed E-state index contributed by atoms with van der Waals surface area (Å²) in [6.07, 6.45) is 0. The third kappa shape index (κ3) is 3.26. The lowest BCUT2D eigenvalue weighted by molar-refractivity contribution is 0.475. The van der Waals surface area contributed by atoms with E-state index in [1.54, 1.807) is 12.1 Å². The van der Waals surface area contributed by atoms with Gasteiger partial charge in [-0.2, -0.15) is 5.10 Å². The minimum Gasteiger partial charge on any atom is -0.508 e. The number of aromatic hydroxyl groups is 1. The molecule has 0 amide bonds. The fraction of sp³-hybridized carbons (Fsp3) is 0.375. The highest BCUT2D eigenvalue weighted by Crippen LogP contribution is 2.23. The molecule has 0 unspecified atom stereocenters. The maximum Gasteiger partial charge on any atom is 0.152 e. The lowest BCUT2D eigenvalue weighted by atomic mass is 10.1. The van der Waals surface area contributed by atoms with E-state index in [1.807, 2.05) is 19.1 Å². The van der Waals surface area contributed by atoms with Gasteiger partial charge in [-0.3, -0.25) is 0 Å². The summed E-state index contributed by atoms with van der Waals surface area (Å²) in [5, 5.41) is 21.2. The number of anilines is 1. The van der Waals surface area contributed by atoms with Gasteiger partial charge in [0.25, 0.3) is 0 Å². The first-order chi connectivity index (χ1) is 9.47. The number of aryl methyl sites for hydroxylation is 1. The average Bonchev–Trinajstić information content (AvgIpc) is 2.41. The van der Waals surface area contributed by atoms with Crippen LogP contribution in [0.1, 0.15) is 49.6 Å². The molecule has 0 aliphatic heterocycles. The predicted octanol–water partition coefficient (Wildman–Crippen LogP) is 3.79. The number of nitrogens with zero attached hydrogens (tertiary/aromatic N) is 2. The number of benzene rings is 1. The van der Waals surface area contributed by atoms with Crippen LogP contribution in [-0.4, -0.2) is 15.3 Å². The van der Waals surface area contributed by atoms with Crippen molar-refractivity contribution in [2.24, 2.45) is 0 Å². The molecule has 2 aromatic rings. The third-order valence-corrected chi connectivity index (χ3v) is 3.34. The van der Waals surface area contributed by atoms with Crippen LogP contribution in [0.15, 0.2) is 30.3 Å². The first kappa shape index (κ1) is 14.3. The Hall–Kier alpha value is -2.10. The van der Waals surface area contributed by atoms with Crippen molar-refractivity contribution >= 4 is 5.82 Å². The van der Waals surface area contributed by atoms with Crippen molar-refractivity contribution in [3.8, 4) is 5.75 Å². The molecule has 106 valence electrons. The molecule has 0 fully saturated rings. The molecule has 20 heavy (non-hydrogen) atoms. The van der Waals surface area contributed by atoms with Gasteiger partial charge >= 0.3 is 0 Å². The molecule has 1 atom stereocenters. The second-order valence-electron chi connectivity index (χ2n) is 5.41. The summed E-state index contributed by atoms with van der Waals surface area (Å²) in [6, 6.07) is 9.36. The van der Waals surface area contributed by atoms with Crippen LogP contribution in [0.25, 0.3) is 0 Å². The second kappa shape index (κ2) is 5.90. The van der Waals surface area contributed by atoms with Crippen LogP contribution in [0.4, 0.5) is 5.82 Å². The molecule has 1 aromatic heterocycles. The fourth-order valence-electron chi connectivity index (χ4n) is 1.98. The quantitative estimate of drug-likeness (QED) is 0.888. The Kier molecular flexibility index (Phi) is 4.23. The zero-order valence-electron chi connectivity index (χ0n) is 12.4. The summed E-state index contributed by atoms with van der Waals surface area (Å²) in [6.45, 7) is 8.31. The van der Waals surface area contributed by atoms with Crippen molar-refractivity contribution < 1.29 is 5.11 Å². The van der Waals surface area contributed by atoms with Crippen molar-refractivity contribution in [1.82, 2.24) is 10.2 Å². The van der Waals surface area contributed by atoms with Gasteiger partial charge in [-0.05, 0) is 49.1 Å². The number of nitrogens with one attached hydrogen (secondary N) is 1. The molecule has 0 aliphatic rings. The summed E-state index contributed by atoms with van der Waals surface area (Å²) >= 11 is 0. The van der Waals surface area contributed by atoms with Gasteiger partial charge in [0.1, 0.15) is 5.75 Å². The van der Waals surface area contributed by atoms with E-state index >= 15 is 0 Å². The van der Waals surface area contributed by atoms with E-state index in [0.29, 0.717) is 5.92 Å². The molecule has 1 aromatic carbocycles. The number of hydrogen-bond acceptors (Lipinski definition) is 4. The third-order valence-electron chi connectivity index (χ3n) is 3.34. The first-order valence-electron chi connectivity index (χ1n) is 6.87. The summed E-state index contributed by atoms with van der Waals surface area (Å²) in [7, 11) is 0. The predicted molar refractivity (Wildman–Crippen MR) is 81.0 cm³/mol. The van der Waals surface area contributed by atoms with E-state index in [1.165, 1.54) is 0 Å². The molecule has 2 N–H and O–H groups in total. The van der Waals surface area contributed by atoms with E-state index in [4.69, 9.17) is 0 Å². The minimum atomic E-state index is 0.105. The van der Waals surface area contributed by atoms with E-state index < -0.39 is 0 Å². The lowest BCUT2D eigenvalue weighted by Crippen LogP contribution is -2.10. The van der Waals surface area contributed by atoms with Crippen LogP contribution in [0.3, 0.4) is 0 Å². The van der Waals surface area contributed by atoms with E-state index in [2.05, 4.69) is 42.4 Å². The molecule has 0 saturated heterocycles. The van der Waals surface area contributed by atoms with Crippen molar-refractivity contribution in [2.45, 2.75) is 39.7 Å². The van der Waals surface area contributed by atoms with Crippen LogP contribution in [0.5, 0.6) is 5.75 Å². The SMILES string of the molecule is Cc1cc(C(C)C)nnc1N[C@H](C)c1ccc(O)cc1. The molecular formula is C16H21N3O. The van der Waals surface area contributed by atoms with Crippen molar-refractivity contribution in [3.05, 3.63) is 47.2 Å². The molecule has 4 heteroatoms. The van der Waals surface area contributed by atoms with Crippen LogP contribution >= 0.6 is 0 Å². The van der Waals surface area contributed by atoms with Crippen LogP contribution in [0.2, 0.25) is 0 Å². The Labute approximate surface area is 119 Å². The monoisotopic (exact) mass is 271 g/mol. The molecule has 4 nitrogen and oxygen atoms in total. The van der Waals surface area contributed by atoms with Crippen molar-refractivity contribution in [3.63, 3.8) is 0 Å². The minimum absolute atomic E-state index is 0.105. The van der Waals surface area contributed by atoms with Gasteiger partial charge in [-0.25, -0.2) is 0 Å². The van der Waals surface area contributed by atoms with Gasteiger partial charge in [-0.15, -0.1) is 5.10 Å². The van der Waals surface area contributed by atoms with Crippen LogP contribution < -0.4 is 5.32 Å². The maximum atomic E-state index is 9.31. The Bertz CT molecular complexity index is 579. The zero-order valence-corrected chi connectivity index (χ0v) is 12.4. The number of hydrogen-bond donors (Lipinski definition) is 2. The Morgan fingerprint density at radius 3 is 2.25 bits per heavy atom. The second-order valence-corrected chi connectivity index (χ2v) is 5.41. The van der Waals surface area contributed by atoms with Gasteiger partial charge in [0, 0.05) is 0 Å². The first-order valence-corrected chi connectivity index (χ1v) is 6.87. The van der Waals surface area contributed by atoms with Gasteiger partial charge < -0.3 is 10.4 Å². The molecule has 0 bridgehead atoms. The van der Waals surface area contributed by atoms with Gasteiger partial charge in [0.05, 0.1) is 11.7 Å². The van der Waals surface area contributed by atoms with Gasteiger partial charge in [-0.1, -0.05) is 26.0 Å². The summed E-state index contributed by atoms with van der Waals surface area (Å²) < 4.78 is 0. The normalized spacial score (nSPS) is 12.4. The van der Waals surface area contributed by atoms with Gasteiger partial charge in [0.2, 0.25) is 0 Å². The Morgan fingerprint density at radius 1 is 1.05 bits per heavy atom.